The first kappa shape index (κ1) is 15.6. The number of benzene rings is 2. The smallest absolute Gasteiger partial charge is 0.325 e. The molecular weight excluding hydrogens is 304 g/mol. The third kappa shape index (κ3) is 3.38. The number of nitrogens with one attached hydrogen (secondary N) is 2. The summed E-state index contributed by atoms with van der Waals surface area (Å²) in [5.74, 6) is 0.455. The Kier molecular flexibility index (Phi) is 4.20. The molecule has 3 aromatic rings. The number of nitrogens with zero attached hydrogens (tertiary/aromatic N) is 2. The highest BCUT2D eigenvalue weighted by Crippen LogP contribution is 2.25. The average Bonchev–Trinajstić information content (AvgIpc) is 2.91. The lowest BCUT2D eigenvalue weighted by Crippen LogP contribution is -2.19. The number of carbonyl (C=O) groups excluding carboxylic acids is 1. The third-order valence-corrected chi connectivity index (χ3v) is 3.59. The quantitative estimate of drug-likeness (QED) is 0.643. The van der Waals surface area contributed by atoms with Gasteiger partial charge in [-0.3, -0.25) is 10.00 Å². The summed E-state index contributed by atoms with van der Waals surface area (Å²) in [7, 11) is 1.82. The number of carbonyl (C=O) groups is 1. The van der Waals surface area contributed by atoms with E-state index in [0.717, 1.165) is 16.8 Å². The van der Waals surface area contributed by atoms with E-state index in [2.05, 4.69) is 15.7 Å². The third-order valence-electron chi connectivity index (χ3n) is 3.59. The van der Waals surface area contributed by atoms with Crippen LogP contribution in [0.3, 0.4) is 0 Å². The molecule has 3 N–H and O–H groups in total. The lowest BCUT2D eigenvalue weighted by atomic mass is 10.1. The standard InChI is InChI=1S/C18H18N4O2/c1-12-8-9-14(16(23)10-12)19-18(24)20-17-11-15(22(2)21-17)13-6-4-3-5-7-13/h3-11,23H,1-2H3,(H2,19,20,21,24). The lowest BCUT2D eigenvalue weighted by molar-refractivity contribution is 0.262. The molecule has 6 nitrogen and oxygen atoms in total. The molecule has 0 spiro atoms. The van der Waals surface area contributed by atoms with Crippen molar-refractivity contribution in [3.63, 3.8) is 0 Å². The number of hydrogen-bond acceptors (Lipinski definition) is 3. The molecule has 0 aliphatic rings. The second kappa shape index (κ2) is 6.45. The number of amides is 2. The normalized spacial score (nSPS) is 10.4. The summed E-state index contributed by atoms with van der Waals surface area (Å²) in [6.45, 7) is 1.86. The first-order chi connectivity index (χ1) is 11.5. The number of hydrogen-bond donors (Lipinski definition) is 3. The van der Waals surface area contributed by atoms with Crippen LogP contribution >= 0.6 is 0 Å². The van der Waals surface area contributed by atoms with Gasteiger partial charge in [0.2, 0.25) is 0 Å². The molecule has 0 unspecified atom stereocenters. The minimum atomic E-state index is -0.466. The van der Waals surface area contributed by atoms with Gasteiger partial charge >= 0.3 is 6.03 Å². The molecule has 2 amide bonds. The van der Waals surface area contributed by atoms with E-state index >= 15 is 0 Å². The van der Waals surface area contributed by atoms with Crippen LogP contribution in [0.2, 0.25) is 0 Å². The second-order valence-electron chi connectivity index (χ2n) is 5.50. The zero-order valence-electron chi connectivity index (χ0n) is 13.4. The van der Waals surface area contributed by atoms with Crippen molar-refractivity contribution < 1.29 is 9.90 Å². The molecule has 0 saturated heterocycles. The van der Waals surface area contributed by atoms with Gasteiger partial charge in [0.05, 0.1) is 11.4 Å². The Labute approximate surface area is 139 Å². The van der Waals surface area contributed by atoms with Gasteiger partial charge in [0.15, 0.2) is 5.82 Å². The number of aromatic hydroxyl groups is 1. The van der Waals surface area contributed by atoms with E-state index in [1.165, 1.54) is 0 Å². The highest BCUT2D eigenvalue weighted by Gasteiger charge is 2.11. The van der Waals surface area contributed by atoms with E-state index in [9.17, 15) is 9.90 Å². The highest BCUT2D eigenvalue weighted by molar-refractivity contribution is 6.00. The van der Waals surface area contributed by atoms with Crippen LogP contribution in [0.5, 0.6) is 5.75 Å². The predicted octanol–water partition coefficient (Wildman–Crippen LogP) is 3.75. The minimum absolute atomic E-state index is 0.0242. The maximum atomic E-state index is 12.1. The number of rotatable bonds is 3. The lowest BCUT2D eigenvalue weighted by Gasteiger charge is -2.08. The molecule has 0 bridgehead atoms. The maximum Gasteiger partial charge on any atom is 0.325 e. The molecule has 3 rings (SSSR count). The minimum Gasteiger partial charge on any atom is -0.506 e. The molecule has 2 aromatic carbocycles. The fourth-order valence-corrected chi connectivity index (χ4v) is 2.42. The first-order valence-electron chi connectivity index (χ1n) is 7.50. The molecule has 122 valence electrons. The molecule has 24 heavy (non-hydrogen) atoms. The van der Waals surface area contributed by atoms with Crippen LogP contribution in [0.4, 0.5) is 16.3 Å². The predicted molar refractivity (Wildman–Crippen MR) is 94.1 cm³/mol. The fraction of sp³-hybridized carbons (Fsp3) is 0.111. The average molecular weight is 322 g/mol. The van der Waals surface area contributed by atoms with Crippen LogP contribution in [-0.4, -0.2) is 20.9 Å². The number of phenolic OH excluding ortho intramolecular Hbond substituents is 1. The Morgan fingerprint density at radius 3 is 2.54 bits per heavy atom. The molecule has 1 aromatic heterocycles. The van der Waals surface area contributed by atoms with E-state index < -0.39 is 6.03 Å². The van der Waals surface area contributed by atoms with Crippen molar-refractivity contribution >= 4 is 17.5 Å². The van der Waals surface area contributed by atoms with Crippen molar-refractivity contribution in [1.82, 2.24) is 9.78 Å². The van der Waals surface area contributed by atoms with Crippen LogP contribution in [0.25, 0.3) is 11.3 Å². The van der Waals surface area contributed by atoms with E-state index in [4.69, 9.17) is 0 Å². The van der Waals surface area contributed by atoms with E-state index in [-0.39, 0.29) is 5.75 Å². The van der Waals surface area contributed by atoms with Crippen LogP contribution < -0.4 is 10.6 Å². The molecule has 6 heteroatoms. The Bertz CT molecular complexity index is 872. The molecule has 0 atom stereocenters. The number of aryl methyl sites for hydroxylation is 2. The van der Waals surface area contributed by atoms with E-state index in [0.29, 0.717) is 11.5 Å². The van der Waals surface area contributed by atoms with E-state index in [1.807, 2.05) is 50.4 Å². The Morgan fingerprint density at radius 1 is 1.08 bits per heavy atom. The van der Waals surface area contributed by atoms with Crippen molar-refractivity contribution in [3.05, 3.63) is 60.2 Å². The van der Waals surface area contributed by atoms with Crippen molar-refractivity contribution in [2.24, 2.45) is 7.05 Å². The van der Waals surface area contributed by atoms with Gasteiger partial charge in [-0.1, -0.05) is 36.4 Å². The summed E-state index contributed by atoms with van der Waals surface area (Å²) in [4.78, 5) is 12.1. The van der Waals surface area contributed by atoms with Crippen molar-refractivity contribution in [1.29, 1.82) is 0 Å². The summed E-state index contributed by atoms with van der Waals surface area (Å²) < 4.78 is 1.70. The zero-order chi connectivity index (χ0) is 17.1. The summed E-state index contributed by atoms with van der Waals surface area (Å²) >= 11 is 0. The molecule has 0 aliphatic carbocycles. The van der Waals surface area contributed by atoms with E-state index in [1.54, 1.807) is 22.9 Å². The van der Waals surface area contributed by atoms with Gasteiger partial charge in [-0.2, -0.15) is 5.10 Å². The maximum absolute atomic E-state index is 12.1. The van der Waals surface area contributed by atoms with Crippen LogP contribution in [0.15, 0.2) is 54.6 Å². The van der Waals surface area contributed by atoms with Gasteiger partial charge in [-0.25, -0.2) is 4.79 Å². The van der Waals surface area contributed by atoms with Crippen molar-refractivity contribution in [2.45, 2.75) is 6.92 Å². The van der Waals surface area contributed by atoms with Crippen molar-refractivity contribution in [2.75, 3.05) is 10.6 Å². The number of anilines is 2. The molecule has 1 heterocycles. The summed E-state index contributed by atoms with van der Waals surface area (Å²) in [5, 5.41) is 19.4. The first-order valence-corrected chi connectivity index (χ1v) is 7.50. The zero-order valence-corrected chi connectivity index (χ0v) is 13.4. The number of aromatic nitrogens is 2. The van der Waals surface area contributed by atoms with Gasteiger partial charge < -0.3 is 10.4 Å². The summed E-state index contributed by atoms with van der Waals surface area (Å²) in [5.41, 5.74) is 3.16. The largest absolute Gasteiger partial charge is 0.506 e. The topological polar surface area (TPSA) is 79.2 Å². The summed E-state index contributed by atoms with van der Waals surface area (Å²) in [6.07, 6.45) is 0. The van der Waals surface area contributed by atoms with Gasteiger partial charge in [-0.05, 0) is 30.2 Å². The van der Waals surface area contributed by atoms with Crippen LogP contribution in [-0.2, 0) is 7.05 Å². The van der Waals surface area contributed by atoms with Gasteiger partial charge in [0, 0.05) is 13.1 Å². The second-order valence-corrected chi connectivity index (χ2v) is 5.50. The summed E-state index contributed by atoms with van der Waals surface area (Å²) in [6, 6.07) is 16.2. The Hall–Kier alpha value is -3.28. The van der Waals surface area contributed by atoms with Crippen LogP contribution in [0, 0.1) is 6.92 Å². The SMILES string of the molecule is Cc1ccc(NC(=O)Nc2cc(-c3ccccc3)n(C)n2)c(O)c1. The van der Waals surface area contributed by atoms with Gasteiger partial charge in [-0.15, -0.1) is 0 Å². The van der Waals surface area contributed by atoms with Gasteiger partial charge in [0.25, 0.3) is 0 Å². The highest BCUT2D eigenvalue weighted by atomic mass is 16.3. The molecule has 0 fully saturated rings. The van der Waals surface area contributed by atoms with Gasteiger partial charge in [0.1, 0.15) is 5.75 Å². The van der Waals surface area contributed by atoms with Crippen molar-refractivity contribution in [3.8, 4) is 17.0 Å². The molecule has 0 radical (unpaired) electrons. The number of phenols is 1. The molecule has 0 aliphatic heterocycles. The molecular formula is C18H18N4O2. The fourth-order valence-electron chi connectivity index (χ4n) is 2.42. The monoisotopic (exact) mass is 322 g/mol. The van der Waals surface area contributed by atoms with Crippen LogP contribution in [0.1, 0.15) is 5.56 Å². The Morgan fingerprint density at radius 2 is 1.83 bits per heavy atom. The molecule has 0 saturated carbocycles. The number of urea groups is 1. The Balaban J connectivity index is 1.73.